The van der Waals surface area contributed by atoms with Crippen molar-refractivity contribution in [2.75, 3.05) is 0 Å². The Hall–Kier alpha value is -3.33. The van der Waals surface area contributed by atoms with Crippen LogP contribution in [0.15, 0.2) is 101 Å². The van der Waals surface area contributed by atoms with Crippen molar-refractivity contribution in [1.82, 2.24) is 15.0 Å². The third-order valence-electron chi connectivity index (χ3n) is 4.84. The molecule has 2 N–H and O–H groups in total. The van der Waals surface area contributed by atoms with Crippen LogP contribution in [0.5, 0.6) is 0 Å². The van der Waals surface area contributed by atoms with Gasteiger partial charge in [0.05, 0.1) is 16.6 Å². The Morgan fingerprint density at radius 1 is 0.906 bits per heavy atom. The second-order valence-corrected chi connectivity index (χ2v) is 9.80. The Kier molecular flexibility index (Phi) is 6.75. The highest BCUT2D eigenvalue weighted by molar-refractivity contribution is 7.89. The van der Waals surface area contributed by atoms with Crippen molar-refractivity contribution in [3.8, 4) is 0 Å². The van der Waals surface area contributed by atoms with E-state index in [1.807, 2.05) is 66.0 Å². The van der Waals surface area contributed by atoms with Crippen LogP contribution in [-0.4, -0.2) is 19.3 Å². The van der Waals surface area contributed by atoms with Crippen molar-refractivity contribution in [2.45, 2.75) is 17.5 Å². The molecule has 2 aromatic heterocycles. The van der Waals surface area contributed by atoms with Gasteiger partial charge in [0.1, 0.15) is 0 Å². The molecule has 162 valence electrons. The standard InChI is InChI=1S/C24H21N3O3S2/c28-24(27-23(18-7-2-1-3-8-18)22-10-4-5-15-25-22)19-11-13-21(14-12-19)32(29,30)26-17-20-9-6-16-31-20/h1-16,23,26H,17H2,(H,27,28). The number of rotatable bonds is 8. The minimum atomic E-state index is -3.67. The first-order valence-corrected chi connectivity index (χ1v) is 12.3. The fourth-order valence-electron chi connectivity index (χ4n) is 3.18. The molecule has 0 aliphatic heterocycles. The summed E-state index contributed by atoms with van der Waals surface area (Å²) in [7, 11) is -3.67. The van der Waals surface area contributed by atoms with E-state index in [4.69, 9.17) is 0 Å². The minimum absolute atomic E-state index is 0.106. The molecule has 0 aliphatic carbocycles. The van der Waals surface area contributed by atoms with Gasteiger partial charge in [-0.3, -0.25) is 9.78 Å². The molecular weight excluding hydrogens is 442 g/mol. The zero-order valence-corrected chi connectivity index (χ0v) is 18.6. The van der Waals surface area contributed by atoms with Gasteiger partial charge >= 0.3 is 0 Å². The summed E-state index contributed by atoms with van der Waals surface area (Å²) in [6.07, 6.45) is 1.68. The van der Waals surface area contributed by atoms with Crippen molar-refractivity contribution in [2.24, 2.45) is 0 Å². The Bertz CT molecular complexity index is 1220. The van der Waals surface area contributed by atoms with Gasteiger partial charge in [-0.25, -0.2) is 13.1 Å². The summed E-state index contributed by atoms with van der Waals surface area (Å²) in [5.74, 6) is -0.319. The summed E-state index contributed by atoms with van der Waals surface area (Å²) in [6.45, 7) is 0.227. The molecule has 32 heavy (non-hydrogen) atoms. The lowest BCUT2D eigenvalue weighted by Crippen LogP contribution is -2.30. The van der Waals surface area contributed by atoms with Gasteiger partial charge in [0, 0.05) is 23.2 Å². The van der Waals surface area contributed by atoms with Crippen LogP contribution in [0.25, 0.3) is 0 Å². The number of nitrogens with one attached hydrogen (secondary N) is 2. The molecule has 1 atom stereocenters. The molecule has 1 amide bonds. The molecule has 0 spiro atoms. The van der Waals surface area contributed by atoms with E-state index in [1.54, 1.807) is 6.20 Å². The van der Waals surface area contributed by atoms with Crippen molar-refractivity contribution in [1.29, 1.82) is 0 Å². The van der Waals surface area contributed by atoms with E-state index in [-0.39, 0.29) is 17.3 Å². The normalized spacial score (nSPS) is 12.2. The number of nitrogens with zero attached hydrogens (tertiary/aromatic N) is 1. The van der Waals surface area contributed by atoms with Gasteiger partial charge in [-0.2, -0.15) is 0 Å². The molecule has 2 aromatic carbocycles. The van der Waals surface area contributed by atoms with Crippen LogP contribution in [0.2, 0.25) is 0 Å². The van der Waals surface area contributed by atoms with Gasteiger partial charge in [-0.15, -0.1) is 11.3 Å². The number of amides is 1. The fourth-order valence-corrected chi connectivity index (χ4v) is 4.93. The number of carbonyl (C=O) groups excluding carboxylic acids is 1. The van der Waals surface area contributed by atoms with E-state index in [0.717, 1.165) is 10.4 Å². The number of aromatic nitrogens is 1. The van der Waals surface area contributed by atoms with Gasteiger partial charge in [-0.1, -0.05) is 42.5 Å². The zero-order chi connectivity index (χ0) is 22.4. The van der Waals surface area contributed by atoms with E-state index in [2.05, 4.69) is 15.0 Å². The second kappa shape index (κ2) is 9.86. The molecule has 0 bridgehead atoms. The molecular formula is C24H21N3O3S2. The van der Waals surface area contributed by atoms with Crippen molar-refractivity contribution < 1.29 is 13.2 Å². The Morgan fingerprint density at radius 3 is 2.31 bits per heavy atom. The Labute approximate surface area is 191 Å². The second-order valence-electron chi connectivity index (χ2n) is 7.00. The molecule has 4 rings (SSSR count). The summed E-state index contributed by atoms with van der Waals surface area (Å²) in [4.78, 5) is 18.4. The predicted octanol–water partition coefficient (Wildman–Crippen LogP) is 4.14. The van der Waals surface area contributed by atoms with Gasteiger partial charge in [0.2, 0.25) is 10.0 Å². The van der Waals surface area contributed by atoms with Crippen molar-refractivity contribution >= 4 is 27.3 Å². The molecule has 4 aromatic rings. The number of carbonyl (C=O) groups is 1. The molecule has 6 nitrogen and oxygen atoms in total. The molecule has 0 saturated carbocycles. The largest absolute Gasteiger partial charge is 0.340 e. The zero-order valence-electron chi connectivity index (χ0n) is 17.0. The highest BCUT2D eigenvalue weighted by atomic mass is 32.2. The fraction of sp³-hybridized carbons (Fsp3) is 0.0833. The molecule has 1 unspecified atom stereocenters. The summed E-state index contributed by atoms with van der Waals surface area (Å²) in [5, 5.41) is 4.90. The third kappa shape index (κ3) is 5.28. The molecule has 0 fully saturated rings. The van der Waals surface area contributed by atoms with Crippen LogP contribution < -0.4 is 10.0 Å². The van der Waals surface area contributed by atoms with Crippen molar-refractivity contribution in [3.05, 3.63) is 118 Å². The summed E-state index contributed by atoms with van der Waals surface area (Å²) >= 11 is 1.48. The quantitative estimate of drug-likeness (QED) is 0.411. The number of sulfonamides is 1. The topological polar surface area (TPSA) is 88.2 Å². The number of hydrogen-bond acceptors (Lipinski definition) is 5. The Morgan fingerprint density at radius 2 is 1.66 bits per heavy atom. The lowest BCUT2D eigenvalue weighted by molar-refractivity contribution is 0.0942. The van der Waals surface area contributed by atoms with E-state index >= 15 is 0 Å². The van der Waals surface area contributed by atoms with E-state index < -0.39 is 16.1 Å². The molecule has 0 aliphatic rings. The van der Waals surface area contributed by atoms with Gasteiger partial charge in [-0.05, 0) is 53.4 Å². The first kappa shape index (κ1) is 21.9. The van der Waals surface area contributed by atoms with Gasteiger partial charge in [0.25, 0.3) is 5.91 Å². The molecule has 8 heteroatoms. The van der Waals surface area contributed by atoms with Crippen molar-refractivity contribution in [3.63, 3.8) is 0 Å². The van der Waals surface area contributed by atoms with Gasteiger partial charge < -0.3 is 5.32 Å². The van der Waals surface area contributed by atoms with Crippen LogP contribution in [0.4, 0.5) is 0 Å². The van der Waals surface area contributed by atoms with Crippen LogP contribution in [-0.2, 0) is 16.6 Å². The SMILES string of the molecule is O=C(NC(c1ccccc1)c1ccccn1)c1ccc(S(=O)(=O)NCc2cccs2)cc1. The van der Waals surface area contributed by atoms with Crippen LogP contribution in [0.1, 0.15) is 32.5 Å². The lowest BCUT2D eigenvalue weighted by Gasteiger charge is -2.19. The number of hydrogen-bond donors (Lipinski definition) is 2. The molecule has 0 saturated heterocycles. The number of benzene rings is 2. The van der Waals surface area contributed by atoms with Crippen LogP contribution >= 0.6 is 11.3 Å². The third-order valence-corrected chi connectivity index (χ3v) is 7.13. The maximum atomic E-state index is 12.9. The monoisotopic (exact) mass is 463 g/mol. The maximum absolute atomic E-state index is 12.9. The first-order chi connectivity index (χ1) is 15.5. The van der Waals surface area contributed by atoms with E-state index in [9.17, 15) is 13.2 Å². The molecule has 0 radical (unpaired) electrons. The van der Waals surface area contributed by atoms with Crippen LogP contribution in [0.3, 0.4) is 0 Å². The first-order valence-electron chi connectivity index (χ1n) is 9.92. The maximum Gasteiger partial charge on any atom is 0.252 e. The van der Waals surface area contributed by atoms with E-state index in [0.29, 0.717) is 11.3 Å². The van der Waals surface area contributed by atoms with Crippen LogP contribution in [0, 0.1) is 0 Å². The predicted molar refractivity (Wildman–Crippen MR) is 125 cm³/mol. The summed E-state index contributed by atoms with van der Waals surface area (Å²) in [5.41, 5.74) is 1.97. The molecule has 2 heterocycles. The Balaban J connectivity index is 1.50. The minimum Gasteiger partial charge on any atom is -0.340 e. The number of pyridine rings is 1. The lowest BCUT2D eigenvalue weighted by atomic mass is 10.0. The summed E-state index contributed by atoms with van der Waals surface area (Å²) in [6, 6.07) is 24.3. The number of thiophene rings is 1. The van der Waals surface area contributed by atoms with Gasteiger partial charge in [0.15, 0.2) is 0 Å². The smallest absolute Gasteiger partial charge is 0.252 e. The average Bonchev–Trinajstić information content (AvgIpc) is 3.36. The highest BCUT2D eigenvalue weighted by Gasteiger charge is 2.20. The summed E-state index contributed by atoms with van der Waals surface area (Å²) < 4.78 is 27.7. The van der Waals surface area contributed by atoms with E-state index in [1.165, 1.54) is 35.6 Å². The average molecular weight is 464 g/mol. The highest BCUT2D eigenvalue weighted by Crippen LogP contribution is 2.21.